The van der Waals surface area contributed by atoms with Gasteiger partial charge in [-0.3, -0.25) is 19.3 Å². The summed E-state index contributed by atoms with van der Waals surface area (Å²) in [5.74, 6) is -0.443. The van der Waals surface area contributed by atoms with Crippen LogP contribution in [0.4, 0.5) is 5.69 Å². The van der Waals surface area contributed by atoms with Gasteiger partial charge in [0.1, 0.15) is 5.54 Å². The minimum atomic E-state index is -0.637. The number of fused-ring (bicyclic) bond motifs is 1. The summed E-state index contributed by atoms with van der Waals surface area (Å²) in [4.78, 5) is 45.7. The molecule has 0 aromatic heterocycles. The van der Waals surface area contributed by atoms with Gasteiger partial charge < -0.3 is 29.7 Å². The number of likely N-dealkylation sites (tertiary alicyclic amines) is 1. The smallest absolute Gasteiger partial charge is 0.261 e. The van der Waals surface area contributed by atoms with Crippen LogP contribution in [0.3, 0.4) is 0 Å². The van der Waals surface area contributed by atoms with Gasteiger partial charge in [0.25, 0.3) is 11.8 Å². The van der Waals surface area contributed by atoms with Crippen molar-refractivity contribution in [2.24, 2.45) is 5.92 Å². The topological polar surface area (TPSA) is 112 Å². The molecule has 4 heterocycles. The van der Waals surface area contributed by atoms with Gasteiger partial charge >= 0.3 is 0 Å². The van der Waals surface area contributed by atoms with Gasteiger partial charge in [-0.15, -0.1) is 0 Å². The second-order valence-electron chi connectivity index (χ2n) is 15.6. The Morgan fingerprint density at radius 2 is 1.33 bits per heavy atom. The molecule has 9 rings (SSSR count). The van der Waals surface area contributed by atoms with Crippen molar-refractivity contribution in [2.45, 2.75) is 57.0 Å². The number of hydrogen-bond acceptors (Lipinski definition) is 8. The van der Waals surface area contributed by atoms with Gasteiger partial charge in [0, 0.05) is 36.8 Å². The van der Waals surface area contributed by atoms with E-state index in [4.69, 9.17) is 9.47 Å². The summed E-state index contributed by atoms with van der Waals surface area (Å²) in [5, 5.41) is 12.8. The minimum Gasteiger partial charge on any atom is -0.392 e. The predicted octanol–water partition coefficient (Wildman–Crippen LogP) is 6.86. The molecule has 57 heavy (non-hydrogen) atoms. The number of nitrogens with zero attached hydrogens (tertiary/aromatic N) is 3. The Morgan fingerprint density at radius 1 is 0.719 bits per heavy atom. The number of imide groups is 1. The van der Waals surface area contributed by atoms with E-state index in [0.29, 0.717) is 24.3 Å². The van der Waals surface area contributed by atoms with Crippen LogP contribution < -0.4 is 10.2 Å². The standard InChI is InChI=1S/C47H46N4O6/c1-31-41(28-49-25-23-47(24-26-49)46(55)48-30-51(47)37-10-3-2-4-11-37)56-45(57-42(31)34-17-15-32(29-52)16-18-34)35-21-19-33(20-22-35)38-12-6-5-9-36(38)27-50-43(53)39-13-7-8-14-40(39)44(50)54/h2-22,31,41-42,45,52H,23-30H2,1H3,(H,48,55). The lowest BCUT2D eigenvalue weighted by atomic mass is 9.84. The number of benzene rings is 5. The molecular weight excluding hydrogens is 717 g/mol. The molecule has 5 aromatic carbocycles. The number of aliphatic hydroxyl groups is 1. The fourth-order valence-electron chi connectivity index (χ4n) is 9.03. The molecule has 4 aliphatic heterocycles. The predicted molar refractivity (Wildman–Crippen MR) is 216 cm³/mol. The van der Waals surface area contributed by atoms with Crippen LogP contribution in [0.25, 0.3) is 11.1 Å². The van der Waals surface area contributed by atoms with Crippen LogP contribution in [0.1, 0.15) is 75.1 Å². The summed E-state index contributed by atoms with van der Waals surface area (Å²) in [7, 11) is 0. The molecule has 4 aliphatic rings. The van der Waals surface area contributed by atoms with Gasteiger partial charge in [0.2, 0.25) is 5.91 Å². The third kappa shape index (κ3) is 6.82. The second kappa shape index (κ2) is 15.4. The third-order valence-electron chi connectivity index (χ3n) is 12.4. The molecule has 0 aliphatic carbocycles. The van der Waals surface area contributed by atoms with E-state index in [2.05, 4.69) is 34.2 Å². The van der Waals surface area contributed by atoms with Crippen molar-refractivity contribution in [3.8, 4) is 11.1 Å². The summed E-state index contributed by atoms with van der Waals surface area (Å²) < 4.78 is 13.6. The number of piperidine rings is 1. The van der Waals surface area contributed by atoms with Gasteiger partial charge in [-0.1, -0.05) is 110 Å². The minimum absolute atomic E-state index is 0.0148. The number of carbonyl (C=O) groups excluding carboxylic acids is 3. The lowest BCUT2D eigenvalue weighted by molar-refractivity contribution is -0.276. The van der Waals surface area contributed by atoms with Crippen molar-refractivity contribution < 1.29 is 29.0 Å². The van der Waals surface area contributed by atoms with Crippen molar-refractivity contribution in [3.05, 3.63) is 161 Å². The van der Waals surface area contributed by atoms with Crippen molar-refractivity contribution in [3.63, 3.8) is 0 Å². The molecule has 3 saturated heterocycles. The number of nitrogens with one attached hydrogen (secondary N) is 1. The Morgan fingerprint density at radius 3 is 2.00 bits per heavy atom. The molecule has 3 fully saturated rings. The van der Waals surface area contributed by atoms with Crippen LogP contribution >= 0.6 is 0 Å². The molecule has 10 nitrogen and oxygen atoms in total. The number of amides is 3. The summed E-state index contributed by atoms with van der Waals surface area (Å²) in [6.07, 6.45) is 0.379. The van der Waals surface area contributed by atoms with E-state index in [9.17, 15) is 19.5 Å². The highest BCUT2D eigenvalue weighted by atomic mass is 16.7. The zero-order valence-corrected chi connectivity index (χ0v) is 31.9. The normalized spacial score (nSPS) is 23.2. The maximum atomic E-state index is 13.4. The molecule has 0 saturated carbocycles. The Balaban J connectivity index is 0.940. The summed E-state index contributed by atoms with van der Waals surface area (Å²) in [6.45, 7) is 5.05. The molecular formula is C47H46N4O6. The van der Waals surface area contributed by atoms with Crippen molar-refractivity contribution in [2.75, 3.05) is 31.2 Å². The fourth-order valence-corrected chi connectivity index (χ4v) is 9.03. The first-order valence-electron chi connectivity index (χ1n) is 19.8. The van der Waals surface area contributed by atoms with Gasteiger partial charge in [-0.05, 0) is 64.9 Å². The first-order valence-corrected chi connectivity index (χ1v) is 19.8. The van der Waals surface area contributed by atoms with Crippen molar-refractivity contribution >= 4 is 23.4 Å². The van der Waals surface area contributed by atoms with Crippen LogP contribution in [-0.2, 0) is 27.4 Å². The number of carbonyl (C=O) groups is 3. The lowest BCUT2D eigenvalue weighted by Gasteiger charge is -2.46. The highest BCUT2D eigenvalue weighted by Crippen LogP contribution is 2.43. The largest absolute Gasteiger partial charge is 0.392 e. The van der Waals surface area contributed by atoms with Gasteiger partial charge in [-0.2, -0.15) is 0 Å². The van der Waals surface area contributed by atoms with Crippen molar-refractivity contribution in [1.82, 2.24) is 15.1 Å². The number of aliphatic hydroxyl groups excluding tert-OH is 1. The van der Waals surface area contributed by atoms with Gasteiger partial charge in [0.05, 0.1) is 43.2 Å². The number of ether oxygens (including phenoxy) is 2. The lowest BCUT2D eigenvalue weighted by Crippen LogP contribution is -2.57. The van der Waals surface area contributed by atoms with Crippen LogP contribution in [0.5, 0.6) is 0 Å². The Kier molecular flexibility index (Phi) is 9.96. The Bertz CT molecular complexity index is 2240. The first-order chi connectivity index (χ1) is 27.8. The van der Waals surface area contributed by atoms with E-state index in [-0.39, 0.29) is 49.0 Å². The van der Waals surface area contributed by atoms with Gasteiger partial charge in [-0.25, -0.2) is 0 Å². The SMILES string of the molecule is CC1C(CN2CCC3(CC2)C(=O)NCN3c2ccccc2)OC(c2ccc(-c3ccccc3CN3C(=O)c4ccccc4C3=O)cc2)OC1c1ccc(CO)cc1. The monoisotopic (exact) mass is 762 g/mol. The maximum absolute atomic E-state index is 13.4. The fraction of sp³-hybridized carbons (Fsp3) is 0.298. The van der Waals surface area contributed by atoms with E-state index < -0.39 is 11.8 Å². The Labute approximate surface area is 332 Å². The zero-order valence-electron chi connectivity index (χ0n) is 31.9. The molecule has 2 N–H and O–H groups in total. The summed E-state index contributed by atoms with van der Waals surface area (Å²) >= 11 is 0. The van der Waals surface area contributed by atoms with E-state index in [1.54, 1.807) is 24.3 Å². The van der Waals surface area contributed by atoms with Crippen LogP contribution in [-0.4, -0.2) is 70.6 Å². The van der Waals surface area contributed by atoms with E-state index in [0.717, 1.165) is 65.0 Å². The highest BCUT2D eigenvalue weighted by Gasteiger charge is 2.51. The Hall–Kier alpha value is -5.65. The van der Waals surface area contributed by atoms with E-state index in [1.165, 1.54) is 4.90 Å². The average Bonchev–Trinajstić information content (AvgIpc) is 3.70. The molecule has 290 valence electrons. The molecule has 10 heteroatoms. The summed E-state index contributed by atoms with van der Waals surface area (Å²) in [5.41, 5.74) is 6.86. The molecule has 3 amide bonds. The van der Waals surface area contributed by atoms with Crippen LogP contribution in [0.2, 0.25) is 0 Å². The van der Waals surface area contributed by atoms with Crippen LogP contribution in [0, 0.1) is 5.92 Å². The van der Waals surface area contributed by atoms with Crippen molar-refractivity contribution in [1.29, 1.82) is 0 Å². The number of anilines is 1. The molecule has 4 atom stereocenters. The number of rotatable bonds is 9. The van der Waals surface area contributed by atoms with E-state index >= 15 is 0 Å². The second-order valence-corrected chi connectivity index (χ2v) is 15.6. The third-order valence-corrected chi connectivity index (χ3v) is 12.4. The molecule has 5 aromatic rings. The maximum Gasteiger partial charge on any atom is 0.261 e. The van der Waals surface area contributed by atoms with E-state index in [1.807, 2.05) is 91.0 Å². The summed E-state index contributed by atoms with van der Waals surface area (Å²) in [6, 6.07) is 41.1. The molecule has 4 unspecified atom stereocenters. The quantitative estimate of drug-likeness (QED) is 0.157. The number of hydrogen-bond donors (Lipinski definition) is 2. The zero-order chi connectivity index (χ0) is 39.1. The molecule has 1 spiro atoms. The molecule has 0 bridgehead atoms. The van der Waals surface area contributed by atoms with Gasteiger partial charge in [0.15, 0.2) is 6.29 Å². The highest BCUT2D eigenvalue weighted by molar-refractivity contribution is 6.21. The molecule has 0 radical (unpaired) electrons. The average molecular weight is 763 g/mol. The van der Waals surface area contributed by atoms with Crippen LogP contribution in [0.15, 0.2) is 127 Å². The number of para-hydroxylation sites is 1. The first kappa shape index (κ1) is 37.0.